The molecule has 0 unspecified atom stereocenters. The number of benzene rings is 1. The van der Waals surface area contributed by atoms with E-state index in [0.29, 0.717) is 11.4 Å². The quantitative estimate of drug-likeness (QED) is 0.798. The van der Waals surface area contributed by atoms with Gasteiger partial charge in [0.25, 0.3) is 0 Å². The number of ether oxygens (including phenoxy) is 1. The Morgan fingerprint density at radius 1 is 1.33 bits per heavy atom. The minimum atomic E-state index is 0.0731. The first-order valence-electron chi connectivity index (χ1n) is 6.61. The zero-order valence-electron chi connectivity index (χ0n) is 11.5. The fourth-order valence-corrected chi connectivity index (χ4v) is 2.75. The summed E-state index contributed by atoms with van der Waals surface area (Å²) in [5, 5.41) is 9.49. The van der Waals surface area contributed by atoms with Gasteiger partial charge in [0.15, 0.2) is 11.4 Å². The number of fused-ring (bicyclic) bond motifs is 1. The molecule has 1 aromatic heterocycles. The second kappa shape index (κ2) is 5.58. The molecule has 1 aliphatic rings. The third-order valence-electron chi connectivity index (χ3n) is 3.50. The van der Waals surface area contributed by atoms with Gasteiger partial charge in [0, 0.05) is 12.2 Å². The Morgan fingerprint density at radius 2 is 2.14 bits per heavy atom. The zero-order chi connectivity index (χ0) is 14.8. The number of nitriles is 1. The smallest absolute Gasteiger partial charge is 0.238 e. The van der Waals surface area contributed by atoms with Gasteiger partial charge in [-0.15, -0.1) is 0 Å². The SMILES string of the molecule is COc1nc(Cl)nc(N2CCCc3ccccc32)c1C#N. The number of methoxy groups -OCH3 is 1. The van der Waals surface area contributed by atoms with Crippen LogP contribution in [0.15, 0.2) is 24.3 Å². The summed E-state index contributed by atoms with van der Waals surface area (Å²) in [5.74, 6) is 0.706. The highest BCUT2D eigenvalue weighted by Crippen LogP contribution is 2.36. The monoisotopic (exact) mass is 300 g/mol. The van der Waals surface area contributed by atoms with E-state index in [1.165, 1.54) is 12.7 Å². The lowest BCUT2D eigenvalue weighted by Gasteiger charge is -2.31. The summed E-state index contributed by atoms with van der Waals surface area (Å²) in [6.45, 7) is 0.780. The Bertz CT molecular complexity index is 726. The summed E-state index contributed by atoms with van der Waals surface area (Å²) < 4.78 is 5.15. The molecule has 6 heteroatoms. The molecule has 0 saturated heterocycles. The van der Waals surface area contributed by atoms with Crippen LogP contribution in [0, 0.1) is 11.3 Å². The van der Waals surface area contributed by atoms with Gasteiger partial charge >= 0.3 is 0 Å². The normalized spacial score (nSPS) is 13.5. The summed E-state index contributed by atoms with van der Waals surface area (Å²) in [6, 6.07) is 10.2. The lowest BCUT2D eigenvalue weighted by Crippen LogP contribution is -2.26. The van der Waals surface area contributed by atoms with Crippen LogP contribution in [0.2, 0.25) is 5.28 Å². The number of hydrogen-bond acceptors (Lipinski definition) is 5. The average Bonchev–Trinajstić information content (AvgIpc) is 2.53. The number of halogens is 1. The molecular formula is C15H13ClN4O. The number of hydrogen-bond donors (Lipinski definition) is 0. The Labute approximate surface area is 127 Å². The zero-order valence-corrected chi connectivity index (χ0v) is 12.3. The van der Waals surface area contributed by atoms with Crippen molar-refractivity contribution >= 4 is 23.1 Å². The van der Waals surface area contributed by atoms with E-state index >= 15 is 0 Å². The summed E-state index contributed by atoms with van der Waals surface area (Å²) in [7, 11) is 1.47. The average molecular weight is 301 g/mol. The van der Waals surface area contributed by atoms with E-state index in [2.05, 4.69) is 22.1 Å². The van der Waals surface area contributed by atoms with Crippen molar-refractivity contribution in [3.8, 4) is 11.9 Å². The number of anilines is 2. The fourth-order valence-electron chi connectivity index (χ4n) is 2.60. The van der Waals surface area contributed by atoms with Crippen molar-refractivity contribution in [2.45, 2.75) is 12.8 Å². The van der Waals surface area contributed by atoms with Crippen LogP contribution in [-0.2, 0) is 6.42 Å². The van der Waals surface area contributed by atoms with E-state index in [4.69, 9.17) is 16.3 Å². The van der Waals surface area contributed by atoms with Crippen LogP contribution in [0.4, 0.5) is 11.5 Å². The van der Waals surface area contributed by atoms with Gasteiger partial charge in [-0.25, -0.2) is 0 Å². The maximum atomic E-state index is 9.42. The van der Waals surface area contributed by atoms with Crippen LogP contribution in [0.5, 0.6) is 5.88 Å². The van der Waals surface area contributed by atoms with Crippen LogP contribution in [0.25, 0.3) is 0 Å². The largest absolute Gasteiger partial charge is 0.480 e. The van der Waals surface area contributed by atoms with Gasteiger partial charge in [-0.3, -0.25) is 0 Å². The third kappa shape index (κ3) is 2.39. The summed E-state index contributed by atoms with van der Waals surface area (Å²) in [6.07, 6.45) is 2.01. The first kappa shape index (κ1) is 13.7. The highest BCUT2D eigenvalue weighted by Gasteiger charge is 2.24. The van der Waals surface area contributed by atoms with Gasteiger partial charge in [-0.05, 0) is 36.1 Å². The Balaban J connectivity index is 2.18. The van der Waals surface area contributed by atoms with Gasteiger partial charge in [0.2, 0.25) is 11.2 Å². The number of aromatic nitrogens is 2. The molecule has 0 aliphatic carbocycles. The number of rotatable bonds is 2. The van der Waals surface area contributed by atoms with Crippen molar-refractivity contribution in [3.05, 3.63) is 40.7 Å². The molecule has 0 radical (unpaired) electrons. The maximum absolute atomic E-state index is 9.42. The van der Waals surface area contributed by atoms with Crippen LogP contribution in [0.3, 0.4) is 0 Å². The molecule has 0 bridgehead atoms. The van der Waals surface area contributed by atoms with E-state index in [1.54, 1.807) is 0 Å². The van der Waals surface area contributed by atoms with Gasteiger partial charge in [0.1, 0.15) is 6.07 Å². The summed E-state index contributed by atoms with van der Waals surface area (Å²) in [4.78, 5) is 10.2. The molecule has 0 N–H and O–H groups in total. The lowest BCUT2D eigenvalue weighted by atomic mass is 10.0. The molecule has 0 amide bonds. The number of para-hydroxylation sites is 1. The molecule has 3 rings (SSSR count). The highest BCUT2D eigenvalue weighted by molar-refractivity contribution is 6.28. The van der Waals surface area contributed by atoms with E-state index in [-0.39, 0.29) is 11.2 Å². The minimum absolute atomic E-state index is 0.0731. The van der Waals surface area contributed by atoms with Gasteiger partial charge in [0.05, 0.1) is 7.11 Å². The summed E-state index contributed by atoms with van der Waals surface area (Å²) >= 11 is 5.97. The molecule has 0 saturated carbocycles. The molecular weight excluding hydrogens is 288 g/mol. The third-order valence-corrected chi connectivity index (χ3v) is 3.67. The van der Waals surface area contributed by atoms with E-state index in [0.717, 1.165) is 25.1 Å². The minimum Gasteiger partial charge on any atom is -0.480 e. The molecule has 5 nitrogen and oxygen atoms in total. The Morgan fingerprint density at radius 3 is 2.90 bits per heavy atom. The molecule has 1 aliphatic heterocycles. The van der Waals surface area contributed by atoms with E-state index in [9.17, 15) is 5.26 Å². The Kier molecular flexibility index (Phi) is 3.63. The first-order valence-corrected chi connectivity index (χ1v) is 6.99. The molecule has 1 aromatic carbocycles. The molecule has 0 atom stereocenters. The Hall–Kier alpha value is -2.32. The molecule has 106 valence electrons. The second-order valence-electron chi connectivity index (χ2n) is 4.70. The maximum Gasteiger partial charge on any atom is 0.238 e. The van der Waals surface area contributed by atoms with E-state index < -0.39 is 0 Å². The van der Waals surface area contributed by atoms with Crippen LogP contribution < -0.4 is 9.64 Å². The van der Waals surface area contributed by atoms with Crippen molar-refractivity contribution in [2.75, 3.05) is 18.6 Å². The lowest BCUT2D eigenvalue weighted by molar-refractivity contribution is 0.395. The summed E-state index contributed by atoms with van der Waals surface area (Å²) in [5.41, 5.74) is 2.59. The van der Waals surface area contributed by atoms with Gasteiger partial charge in [-0.2, -0.15) is 15.2 Å². The van der Waals surface area contributed by atoms with Crippen molar-refractivity contribution in [3.63, 3.8) is 0 Å². The van der Waals surface area contributed by atoms with Gasteiger partial charge < -0.3 is 9.64 Å². The second-order valence-corrected chi connectivity index (χ2v) is 5.03. The van der Waals surface area contributed by atoms with Crippen LogP contribution in [-0.4, -0.2) is 23.6 Å². The van der Waals surface area contributed by atoms with Crippen molar-refractivity contribution in [1.82, 2.24) is 9.97 Å². The van der Waals surface area contributed by atoms with Gasteiger partial charge in [-0.1, -0.05) is 18.2 Å². The molecule has 0 spiro atoms. The standard InChI is InChI=1S/C15H13ClN4O/c1-21-14-11(9-17)13(18-15(16)19-14)20-8-4-6-10-5-2-3-7-12(10)20/h2-3,5,7H,4,6,8H2,1H3. The highest BCUT2D eigenvalue weighted by atomic mass is 35.5. The predicted molar refractivity (Wildman–Crippen MR) is 80.1 cm³/mol. The molecule has 0 fully saturated rings. The molecule has 2 aromatic rings. The first-order chi connectivity index (χ1) is 10.2. The fraction of sp³-hybridized carbons (Fsp3) is 0.267. The van der Waals surface area contributed by atoms with Crippen LogP contribution >= 0.6 is 11.6 Å². The van der Waals surface area contributed by atoms with Crippen molar-refractivity contribution in [2.24, 2.45) is 0 Å². The topological polar surface area (TPSA) is 62.0 Å². The number of nitrogens with zero attached hydrogens (tertiary/aromatic N) is 4. The number of aryl methyl sites for hydroxylation is 1. The predicted octanol–water partition coefficient (Wildman–Crippen LogP) is 3.09. The van der Waals surface area contributed by atoms with E-state index in [1.807, 2.05) is 23.1 Å². The van der Waals surface area contributed by atoms with Crippen molar-refractivity contribution in [1.29, 1.82) is 5.26 Å². The van der Waals surface area contributed by atoms with Crippen molar-refractivity contribution < 1.29 is 4.74 Å². The molecule has 21 heavy (non-hydrogen) atoms. The van der Waals surface area contributed by atoms with Crippen LogP contribution in [0.1, 0.15) is 17.5 Å². The molecule has 2 heterocycles.